The summed E-state index contributed by atoms with van der Waals surface area (Å²) in [7, 11) is 1.86. The molecule has 2 rings (SSSR count). The molecule has 0 aromatic carbocycles. The molecule has 0 aliphatic rings. The van der Waals surface area contributed by atoms with Crippen LogP contribution in [0, 0.1) is 0 Å². The van der Waals surface area contributed by atoms with E-state index in [9.17, 15) is 4.79 Å². The summed E-state index contributed by atoms with van der Waals surface area (Å²) in [6, 6.07) is 0. The second-order valence-corrected chi connectivity index (χ2v) is 4.50. The minimum absolute atomic E-state index is 0.152. The van der Waals surface area contributed by atoms with Crippen molar-refractivity contribution in [3.8, 4) is 0 Å². The summed E-state index contributed by atoms with van der Waals surface area (Å²) in [5.41, 5.74) is 0.494. The molecule has 2 aromatic rings. The Kier molecular flexibility index (Phi) is 3.75. The highest BCUT2D eigenvalue weighted by Gasteiger charge is 2.08. The minimum atomic E-state index is -0.152. The van der Waals surface area contributed by atoms with Gasteiger partial charge in [-0.1, -0.05) is 0 Å². The average Bonchev–Trinajstić information content (AvgIpc) is 2.77. The lowest BCUT2D eigenvalue weighted by Crippen LogP contribution is -2.23. The van der Waals surface area contributed by atoms with Crippen molar-refractivity contribution in [3.05, 3.63) is 33.2 Å². The summed E-state index contributed by atoms with van der Waals surface area (Å²) in [6.07, 6.45) is 3.24. The van der Waals surface area contributed by atoms with Crippen molar-refractivity contribution >= 4 is 21.6 Å². The molecule has 0 fully saturated rings. The Morgan fingerprint density at radius 1 is 1.50 bits per heavy atom. The van der Waals surface area contributed by atoms with Crippen LogP contribution >= 0.6 is 15.9 Å². The lowest BCUT2D eigenvalue weighted by Gasteiger charge is -2.08. The molecule has 96 valence electrons. The van der Waals surface area contributed by atoms with E-state index in [2.05, 4.69) is 36.5 Å². The van der Waals surface area contributed by atoms with E-state index in [0.717, 1.165) is 5.82 Å². The van der Waals surface area contributed by atoms with Crippen LogP contribution in [0.4, 0.5) is 5.69 Å². The molecule has 18 heavy (non-hydrogen) atoms. The van der Waals surface area contributed by atoms with Gasteiger partial charge in [0.25, 0.3) is 5.56 Å². The molecule has 0 spiro atoms. The number of rotatable bonds is 4. The van der Waals surface area contributed by atoms with Crippen molar-refractivity contribution in [2.45, 2.75) is 20.0 Å². The molecule has 0 aliphatic carbocycles. The Bertz CT molecular complexity index is 605. The van der Waals surface area contributed by atoms with Crippen LogP contribution in [-0.4, -0.2) is 24.5 Å². The molecule has 0 saturated carbocycles. The summed E-state index contributed by atoms with van der Waals surface area (Å²) in [5, 5.41) is 14.9. The summed E-state index contributed by atoms with van der Waals surface area (Å²) >= 11 is 3.28. The molecule has 0 saturated heterocycles. The minimum Gasteiger partial charge on any atom is -0.375 e. The second kappa shape index (κ2) is 5.30. The van der Waals surface area contributed by atoms with Gasteiger partial charge in [0.2, 0.25) is 0 Å². The molecule has 8 heteroatoms. The monoisotopic (exact) mass is 312 g/mol. The van der Waals surface area contributed by atoms with Gasteiger partial charge in [-0.15, -0.1) is 10.2 Å². The van der Waals surface area contributed by atoms with E-state index < -0.39 is 0 Å². The maximum absolute atomic E-state index is 11.8. The van der Waals surface area contributed by atoms with Crippen LogP contribution in [0.2, 0.25) is 0 Å². The molecule has 7 nitrogen and oxygen atoms in total. The number of anilines is 1. The van der Waals surface area contributed by atoms with Crippen LogP contribution in [0.15, 0.2) is 21.8 Å². The standard InChI is InChI=1S/C10H13BrN6O/c1-3-17-10(18)9(11)7(4-14-17)12-5-8-15-13-6-16(8)2/h4,6,12H,3,5H2,1-2H3. The molecule has 0 radical (unpaired) electrons. The molecule has 2 heterocycles. The number of nitrogens with one attached hydrogen (secondary N) is 1. The summed E-state index contributed by atoms with van der Waals surface area (Å²) in [5.74, 6) is 0.779. The fourth-order valence-corrected chi connectivity index (χ4v) is 1.90. The average molecular weight is 313 g/mol. The van der Waals surface area contributed by atoms with Crippen LogP contribution in [0.3, 0.4) is 0 Å². The summed E-state index contributed by atoms with van der Waals surface area (Å²) in [6.45, 7) is 2.89. The third kappa shape index (κ3) is 2.42. The van der Waals surface area contributed by atoms with Gasteiger partial charge in [-0.3, -0.25) is 4.79 Å². The first kappa shape index (κ1) is 12.7. The van der Waals surface area contributed by atoms with Crippen LogP contribution in [-0.2, 0) is 20.1 Å². The Morgan fingerprint density at radius 3 is 2.89 bits per heavy atom. The van der Waals surface area contributed by atoms with Gasteiger partial charge in [-0.2, -0.15) is 5.10 Å². The van der Waals surface area contributed by atoms with Crippen molar-refractivity contribution < 1.29 is 0 Å². The van der Waals surface area contributed by atoms with E-state index in [1.807, 2.05) is 18.5 Å². The number of hydrogen-bond donors (Lipinski definition) is 1. The molecule has 1 N–H and O–H groups in total. The van der Waals surface area contributed by atoms with Crippen LogP contribution in [0.25, 0.3) is 0 Å². The number of hydrogen-bond acceptors (Lipinski definition) is 5. The molecular formula is C10H13BrN6O. The maximum atomic E-state index is 11.8. The van der Waals surface area contributed by atoms with Gasteiger partial charge >= 0.3 is 0 Å². The normalized spacial score (nSPS) is 10.6. The van der Waals surface area contributed by atoms with E-state index in [1.165, 1.54) is 4.68 Å². The molecule has 0 unspecified atom stereocenters. The predicted molar refractivity (Wildman–Crippen MR) is 70.2 cm³/mol. The molecule has 0 bridgehead atoms. The topological polar surface area (TPSA) is 77.6 Å². The van der Waals surface area contributed by atoms with Crippen molar-refractivity contribution in [1.82, 2.24) is 24.5 Å². The van der Waals surface area contributed by atoms with Crippen LogP contribution in [0.1, 0.15) is 12.7 Å². The highest BCUT2D eigenvalue weighted by molar-refractivity contribution is 9.10. The zero-order valence-corrected chi connectivity index (χ0v) is 11.7. The number of aryl methyl sites for hydroxylation is 2. The molecule has 0 amide bonds. The number of nitrogens with zero attached hydrogens (tertiary/aromatic N) is 5. The van der Waals surface area contributed by atoms with Crippen LogP contribution in [0.5, 0.6) is 0 Å². The molecule has 0 aliphatic heterocycles. The highest BCUT2D eigenvalue weighted by atomic mass is 79.9. The third-order valence-corrected chi connectivity index (χ3v) is 3.29. The van der Waals surface area contributed by atoms with Crippen LogP contribution < -0.4 is 10.9 Å². The van der Waals surface area contributed by atoms with Gasteiger partial charge in [0, 0.05) is 13.6 Å². The largest absolute Gasteiger partial charge is 0.375 e. The first-order chi connectivity index (χ1) is 8.63. The molecule has 0 atom stereocenters. The Morgan fingerprint density at radius 2 is 2.28 bits per heavy atom. The number of halogens is 1. The summed E-state index contributed by atoms with van der Waals surface area (Å²) in [4.78, 5) is 11.8. The van der Waals surface area contributed by atoms with E-state index in [-0.39, 0.29) is 5.56 Å². The number of aromatic nitrogens is 5. The van der Waals surface area contributed by atoms with E-state index in [0.29, 0.717) is 23.2 Å². The van der Waals surface area contributed by atoms with Gasteiger partial charge in [-0.25, -0.2) is 4.68 Å². The van der Waals surface area contributed by atoms with Crippen molar-refractivity contribution in [2.24, 2.45) is 7.05 Å². The van der Waals surface area contributed by atoms with Crippen molar-refractivity contribution in [1.29, 1.82) is 0 Å². The SMILES string of the molecule is CCn1ncc(NCc2nncn2C)c(Br)c1=O. The van der Waals surface area contributed by atoms with E-state index in [4.69, 9.17) is 0 Å². The Hall–Kier alpha value is -1.70. The van der Waals surface area contributed by atoms with Gasteiger partial charge < -0.3 is 9.88 Å². The van der Waals surface area contributed by atoms with E-state index in [1.54, 1.807) is 12.5 Å². The smallest absolute Gasteiger partial charge is 0.283 e. The molecular weight excluding hydrogens is 300 g/mol. The first-order valence-corrected chi connectivity index (χ1v) is 6.25. The van der Waals surface area contributed by atoms with Gasteiger partial charge in [0.15, 0.2) is 5.82 Å². The van der Waals surface area contributed by atoms with Crippen molar-refractivity contribution in [2.75, 3.05) is 5.32 Å². The lowest BCUT2D eigenvalue weighted by atomic mass is 10.4. The first-order valence-electron chi connectivity index (χ1n) is 5.45. The van der Waals surface area contributed by atoms with Gasteiger partial charge in [0.05, 0.1) is 18.4 Å². The Labute approximate surface area is 112 Å². The zero-order valence-electron chi connectivity index (χ0n) is 10.1. The fraction of sp³-hybridized carbons (Fsp3) is 0.400. The van der Waals surface area contributed by atoms with E-state index >= 15 is 0 Å². The highest BCUT2D eigenvalue weighted by Crippen LogP contribution is 2.16. The van der Waals surface area contributed by atoms with Gasteiger partial charge in [-0.05, 0) is 22.9 Å². The predicted octanol–water partition coefficient (Wildman–Crippen LogP) is 0.766. The fourth-order valence-electron chi connectivity index (χ4n) is 1.45. The maximum Gasteiger partial charge on any atom is 0.283 e. The summed E-state index contributed by atoms with van der Waals surface area (Å²) < 4.78 is 3.67. The third-order valence-electron chi connectivity index (χ3n) is 2.53. The second-order valence-electron chi connectivity index (χ2n) is 3.70. The quantitative estimate of drug-likeness (QED) is 0.902. The lowest BCUT2D eigenvalue weighted by molar-refractivity contribution is 0.612. The van der Waals surface area contributed by atoms with Crippen molar-refractivity contribution in [3.63, 3.8) is 0 Å². The Balaban J connectivity index is 2.18. The van der Waals surface area contributed by atoms with Gasteiger partial charge in [0.1, 0.15) is 10.8 Å². The zero-order chi connectivity index (χ0) is 13.1. The molecule has 2 aromatic heterocycles.